The molecule has 24 heavy (non-hydrogen) atoms. The van der Waals surface area contributed by atoms with E-state index in [1.807, 2.05) is 11.8 Å². The van der Waals surface area contributed by atoms with Crippen molar-refractivity contribution in [3.63, 3.8) is 0 Å². The highest BCUT2D eigenvalue weighted by molar-refractivity contribution is 5.78. The predicted molar refractivity (Wildman–Crippen MR) is 90.7 cm³/mol. The molecule has 1 saturated heterocycles. The number of aryl methyl sites for hydroxylation is 1. The molecular weight excluding hydrogens is 309 g/mol. The second-order valence-corrected chi connectivity index (χ2v) is 6.58. The number of carbonyl (C=O) groups is 2. The third-order valence-electron chi connectivity index (χ3n) is 4.48. The van der Waals surface area contributed by atoms with Gasteiger partial charge in [0.15, 0.2) is 0 Å². The molecule has 5 nitrogen and oxygen atoms in total. The average molecular weight is 335 g/mol. The third-order valence-corrected chi connectivity index (χ3v) is 4.48. The Labute approximate surface area is 142 Å². The van der Waals surface area contributed by atoms with Crippen LogP contribution in [0.4, 0.5) is 4.39 Å². The van der Waals surface area contributed by atoms with E-state index in [9.17, 15) is 14.0 Å². The monoisotopic (exact) mass is 335 g/mol. The standard InChI is InChI=1S/C18H26FN3O2/c1-13(8-9-14-5-2-3-7-16(14)19)18(24)21-15-6-4-10-22(11-15)12-17(20)23/h2-3,5,7,13,15H,4,6,8-12H2,1H3,(H2,20,23)(H,21,24)/t13-,15+/m0/s1. The number of benzene rings is 1. The van der Waals surface area contributed by atoms with Crippen molar-refractivity contribution in [2.24, 2.45) is 11.7 Å². The summed E-state index contributed by atoms with van der Waals surface area (Å²) in [5, 5.41) is 3.05. The molecule has 0 saturated carbocycles. The van der Waals surface area contributed by atoms with Crippen LogP contribution in [0.1, 0.15) is 31.7 Å². The summed E-state index contributed by atoms with van der Waals surface area (Å²) in [6.07, 6.45) is 2.98. The van der Waals surface area contributed by atoms with Gasteiger partial charge in [0, 0.05) is 18.5 Å². The number of rotatable bonds is 7. The van der Waals surface area contributed by atoms with Crippen molar-refractivity contribution < 1.29 is 14.0 Å². The Kier molecular flexibility index (Phi) is 6.73. The summed E-state index contributed by atoms with van der Waals surface area (Å²) in [5.41, 5.74) is 5.87. The van der Waals surface area contributed by atoms with E-state index in [-0.39, 0.29) is 36.1 Å². The summed E-state index contributed by atoms with van der Waals surface area (Å²) in [7, 11) is 0. The molecule has 2 rings (SSSR count). The molecule has 1 aromatic rings. The van der Waals surface area contributed by atoms with E-state index >= 15 is 0 Å². The SMILES string of the molecule is C[C@@H](CCc1ccccc1F)C(=O)N[C@@H]1CCCN(CC(N)=O)C1. The van der Waals surface area contributed by atoms with Crippen molar-refractivity contribution in [1.29, 1.82) is 0 Å². The first kappa shape index (κ1) is 18.4. The normalized spacial score (nSPS) is 19.7. The van der Waals surface area contributed by atoms with E-state index in [0.29, 0.717) is 24.9 Å². The Morgan fingerprint density at radius 2 is 2.17 bits per heavy atom. The molecule has 0 radical (unpaired) electrons. The number of piperidine rings is 1. The van der Waals surface area contributed by atoms with Crippen molar-refractivity contribution in [3.8, 4) is 0 Å². The van der Waals surface area contributed by atoms with Gasteiger partial charge in [0.25, 0.3) is 0 Å². The Bertz CT molecular complexity index is 579. The molecule has 1 fully saturated rings. The highest BCUT2D eigenvalue weighted by atomic mass is 19.1. The lowest BCUT2D eigenvalue weighted by molar-refractivity contribution is -0.125. The van der Waals surface area contributed by atoms with Crippen LogP contribution in [0.5, 0.6) is 0 Å². The Balaban J connectivity index is 1.78. The topological polar surface area (TPSA) is 75.4 Å². The van der Waals surface area contributed by atoms with Gasteiger partial charge in [-0.05, 0) is 43.9 Å². The number of nitrogens with one attached hydrogen (secondary N) is 1. The molecule has 0 spiro atoms. The Morgan fingerprint density at radius 1 is 1.42 bits per heavy atom. The fourth-order valence-corrected chi connectivity index (χ4v) is 3.09. The van der Waals surface area contributed by atoms with Gasteiger partial charge in [-0.1, -0.05) is 25.1 Å². The van der Waals surface area contributed by atoms with Gasteiger partial charge in [-0.25, -0.2) is 4.39 Å². The van der Waals surface area contributed by atoms with Gasteiger partial charge in [-0.3, -0.25) is 14.5 Å². The molecule has 1 aliphatic rings. The number of likely N-dealkylation sites (tertiary alicyclic amines) is 1. The van der Waals surface area contributed by atoms with Gasteiger partial charge in [-0.15, -0.1) is 0 Å². The van der Waals surface area contributed by atoms with E-state index < -0.39 is 0 Å². The minimum atomic E-state index is -0.347. The first-order chi connectivity index (χ1) is 11.5. The van der Waals surface area contributed by atoms with Crippen LogP contribution in [0.2, 0.25) is 0 Å². The number of nitrogens with zero attached hydrogens (tertiary/aromatic N) is 1. The summed E-state index contributed by atoms with van der Waals surface area (Å²) in [6, 6.07) is 6.70. The van der Waals surface area contributed by atoms with Crippen LogP contribution in [0.25, 0.3) is 0 Å². The zero-order chi connectivity index (χ0) is 17.5. The van der Waals surface area contributed by atoms with E-state index in [2.05, 4.69) is 5.32 Å². The summed E-state index contributed by atoms with van der Waals surface area (Å²) < 4.78 is 13.6. The molecule has 3 N–H and O–H groups in total. The zero-order valence-corrected chi connectivity index (χ0v) is 14.1. The van der Waals surface area contributed by atoms with E-state index in [0.717, 1.165) is 19.4 Å². The predicted octanol–water partition coefficient (Wildman–Crippen LogP) is 1.46. The van der Waals surface area contributed by atoms with Gasteiger partial charge < -0.3 is 11.1 Å². The lowest BCUT2D eigenvalue weighted by atomic mass is 9.98. The van der Waals surface area contributed by atoms with Crippen molar-refractivity contribution in [2.45, 2.75) is 38.6 Å². The molecule has 2 amide bonds. The Hall–Kier alpha value is -1.95. The van der Waals surface area contributed by atoms with E-state index in [1.54, 1.807) is 18.2 Å². The summed E-state index contributed by atoms with van der Waals surface area (Å²) in [6.45, 7) is 3.57. The molecule has 0 aliphatic carbocycles. The third kappa shape index (κ3) is 5.60. The second kappa shape index (κ2) is 8.78. The van der Waals surface area contributed by atoms with Crippen LogP contribution >= 0.6 is 0 Å². The molecule has 2 atom stereocenters. The number of halogens is 1. The minimum Gasteiger partial charge on any atom is -0.369 e. The molecule has 1 heterocycles. The van der Waals surface area contributed by atoms with Gasteiger partial charge in [0.05, 0.1) is 6.54 Å². The lowest BCUT2D eigenvalue weighted by Crippen LogP contribution is -2.50. The van der Waals surface area contributed by atoms with Gasteiger partial charge in [0.2, 0.25) is 11.8 Å². The molecule has 1 aromatic carbocycles. The minimum absolute atomic E-state index is 0.0164. The quantitative estimate of drug-likeness (QED) is 0.792. The van der Waals surface area contributed by atoms with Gasteiger partial charge in [-0.2, -0.15) is 0 Å². The number of carbonyl (C=O) groups excluding carboxylic acids is 2. The van der Waals surface area contributed by atoms with E-state index in [4.69, 9.17) is 5.73 Å². The van der Waals surface area contributed by atoms with E-state index in [1.165, 1.54) is 6.07 Å². The van der Waals surface area contributed by atoms with Crippen molar-refractivity contribution >= 4 is 11.8 Å². The number of hydrogen-bond acceptors (Lipinski definition) is 3. The molecule has 0 unspecified atom stereocenters. The molecule has 6 heteroatoms. The van der Waals surface area contributed by atoms with Crippen LogP contribution < -0.4 is 11.1 Å². The maximum absolute atomic E-state index is 13.6. The van der Waals surface area contributed by atoms with Gasteiger partial charge in [0.1, 0.15) is 5.82 Å². The van der Waals surface area contributed by atoms with Crippen LogP contribution in [0.15, 0.2) is 24.3 Å². The molecule has 1 aliphatic heterocycles. The summed E-state index contributed by atoms with van der Waals surface area (Å²) in [4.78, 5) is 25.3. The first-order valence-electron chi connectivity index (χ1n) is 8.50. The summed E-state index contributed by atoms with van der Waals surface area (Å²) in [5.74, 6) is -0.770. The second-order valence-electron chi connectivity index (χ2n) is 6.58. The van der Waals surface area contributed by atoms with Gasteiger partial charge >= 0.3 is 0 Å². The smallest absolute Gasteiger partial charge is 0.231 e. The fourth-order valence-electron chi connectivity index (χ4n) is 3.09. The Morgan fingerprint density at radius 3 is 2.88 bits per heavy atom. The summed E-state index contributed by atoms with van der Waals surface area (Å²) >= 11 is 0. The lowest BCUT2D eigenvalue weighted by Gasteiger charge is -2.32. The molecule has 0 aromatic heterocycles. The number of hydrogen-bond donors (Lipinski definition) is 2. The maximum atomic E-state index is 13.6. The number of nitrogens with two attached hydrogens (primary N) is 1. The molecule has 132 valence electrons. The largest absolute Gasteiger partial charge is 0.369 e. The van der Waals surface area contributed by atoms with Crippen LogP contribution in [-0.2, 0) is 16.0 Å². The van der Waals surface area contributed by atoms with Crippen molar-refractivity contribution in [2.75, 3.05) is 19.6 Å². The molecular formula is C18H26FN3O2. The fraction of sp³-hybridized carbons (Fsp3) is 0.556. The highest BCUT2D eigenvalue weighted by Gasteiger charge is 2.24. The van der Waals surface area contributed by atoms with Crippen molar-refractivity contribution in [1.82, 2.24) is 10.2 Å². The number of amides is 2. The molecule has 0 bridgehead atoms. The number of primary amides is 1. The maximum Gasteiger partial charge on any atom is 0.231 e. The van der Waals surface area contributed by atoms with Crippen molar-refractivity contribution in [3.05, 3.63) is 35.6 Å². The average Bonchev–Trinajstić information content (AvgIpc) is 2.53. The highest BCUT2D eigenvalue weighted by Crippen LogP contribution is 2.15. The first-order valence-corrected chi connectivity index (χ1v) is 8.50. The van der Waals surface area contributed by atoms with Crippen LogP contribution in [0.3, 0.4) is 0 Å². The zero-order valence-electron chi connectivity index (χ0n) is 14.1. The van der Waals surface area contributed by atoms with Crippen LogP contribution in [-0.4, -0.2) is 42.4 Å². The van der Waals surface area contributed by atoms with Crippen LogP contribution in [0, 0.1) is 11.7 Å².